The summed E-state index contributed by atoms with van der Waals surface area (Å²) in [4.78, 5) is 29.0. The van der Waals surface area contributed by atoms with Gasteiger partial charge in [-0.2, -0.15) is 0 Å². The zero-order valence-corrected chi connectivity index (χ0v) is 13.9. The lowest BCUT2D eigenvalue weighted by molar-refractivity contribution is -0.131. The smallest absolute Gasteiger partial charge is 0.237 e. The van der Waals surface area contributed by atoms with Crippen molar-refractivity contribution < 1.29 is 14.4 Å². The van der Waals surface area contributed by atoms with Crippen LogP contribution in [0, 0.1) is 0 Å². The number of amides is 1. The highest BCUT2D eigenvalue weighted by Crippen LogP contribution is 2.06. The molecule has 0 heterocycles. The first-order valence-electron chi connectivity index (χ1n) is 8.08. The van der Waals surface area contributed by atoms with Crippen molar-refractivity contribution in [2.75, 3.05) is 6.61 Å². The van der Waals surface area contributed by atoms with Crippen molar-refractivity contribution in [2.45, 2.75) is 24.9 Å². The highest BCUT2D eigenvalue weighted by Gasteiger charge is 2.24. The third-order valence-electron chi connectivity index (χ3n) is 3.85. The predicted molar refractivity (Wildman–Crippen MR) is 95.3 cm³/mol. The van der Waals surface area contributed by atoms with E-state index in [1.54, 1.807) is 0 Å². The molecule has 0 bridgehead atoms. The third-order valence-corrected chi connectivity index (χ3v) is 3.85. The van der Waals surface area contributed by atoms with Gasteiger partial charge in [0.1, 0.15) is 6.61 Å². The van der Waals surface area contributed by atoms with Crippen LogP contribution in [-0.4, -0.2) is 30.4 Å². The molecule has 6 heteroatoms. The van der Waals surface area contributed by atoms with Gasteiger partial charge in [0.05, 0.1) is 12.1 Å². The predicted octanol–water partition coefficient (Wildman–Crippen LogP) is 0.743. The van der Waals surface area contributed by atoms with Gasteiger partial charge in [-0.05, 0) is 24.0 Å². The molecule has 0 radical (unpaired) electrons. The Morgan fingerprint density at radius 1 is 0.920 bits per heavy atom. The normalized spacial score (nSPS) is 13.0. The fourth-order valence-corrected chi connectivity index (χ4v) is 2.52. The Bertz CT molecular complexity index is 677. The average Bonchev–Trinajstić information content (AvgIpc) is 2.63. The maximum Gasteiger partial charge on any atom is 0.237 e. The van der Waals surface area contributed by atoms with Gasteiger partial charge in [-0.3, -0.25) is 14.4 Å². The zero-order chi connectivity index (χ0) is 18.1. The summed E-state index contributed by atoms with van der Waals surface area (Å²) in [6.07, 6.45) is 0.749. The monoisotopic (exact) mass is 341 g/mol. The van der Waals surface area contributed by atoms with Crippen molar-refractivity contribution in [2.24, 2.45) is 11.6 Å². The van der Waals surface area contributed by atoms with Crippen LogP contribution in [0.3, 0.4) is 0 Å². The van der Waals surface area contributed by atoms with E-state index in [4.69, 9.17) is 11.6 Å². The van der Waals surface area contributed by atoms with E-state index in [1.807, 2.05) is 60.7 Å². The first kappa shape index (κ1) is 18.8. The fourth-order valence-electron chi connectivity index (χ4n) is 2.52. The quantitative estimate of drug-likeness (QED) is 0.583. The molecule has 0 aromatic heterocycles. The second-order valence-electron chi connectivity index (χ2n) is 5.82. The minimum atomic E-state index is -0.743. The Morgan fingerprint density at radius 3 is 1.96 bits per heavy atom. The van der Waals surface area contributed by atoms with Crippen LogP contribution in [0.2, 0.25) is 0 Å². The number of carbonyl (C=O) groups excluding carboxylic acids is 2. The lowest BCUT2D eigenvalue weighted by atomic mass is 10.0. The lowest BCUT2D eigenvalue weighted by Crippen LogP contribution is -2.51. The van der Waals surface area contributed by atoms with Crippen LogP contribution < -0.4 is 16.9 Å². The van der Waals surface area contributed by atoms with E-state index in [0.29, 0.717) is 12.8 Å². The van der Waals surface area contributed by atoms with E-state index in [1.165, 1.54) is 0 Å². The Hall–Kier alpha value is -2.54. The molecule has 2 atom stereocenters. The molecule has 0 fully saturated rings. The molecule has 2 aromatic rings. The van der Waals surface area contributed by atoms with E-state index in [2.05, 4.69) is 10.2 Å². The zero-order valence-electron chi connectivity index (χ0n) is 13.9. The number of ketones is 1. The molecule has 0 saturated carbocycles. The van der Waals surface area contributed by atoms with Gasteiger partial charge < -0.3 is 11.1 Å². The van der Waals surface area contributed by atoms with Gasteiger partial charge in [-0.25, -0.2) is 5.90 Å². The molecule has 0 aliphatic rings. The van der Waals surface area contributed by atoms with Gasteiger partial charge in [0.15, 0.2) is 5.78 Å². The van der Waals surface area contributed by atoms with Crippen molar-refractivity contribution in [3.63, 3.8) is 0 Å². The highest BCUT2D eigenvalue weighted by atomic mass is 16.6. The standard InChI is InChI=1S/C19H23N3O3/c20-16(11-14-7-3-1-4-8-14)19(24)22-17(18(23)13-25-21)12-15-9-5-2-6-10-15/h1-10,16-17H,11-13,20-21H2,(H,22,24)/t16-,17-/m0/s1. The van der Waals surface area contributed by atoms with Crippen LogP contribution in [-0.2, 0) is 27.3 Å². The first-order chi connectivity index (χ1) is 12.1. The van der Waals surface area contributed by atoms with Gasteiger partial charge in [0.2, 0.25) is 5.91 Å². The Kier molecular flexibility index (Phi) is 7.28. The molecule has 0 unspecified atom stereocenters. The summed E-state index contributed by atoms with van der Waals surface area (Å²) >= 11 is 0. The number of benzene rings is 2. The van der Waals surface area contributed by atoms with Crippen LogP contribution in [0.25, 0.3) is 0 Å². The van der Waals surface area contributed by atoms with E-state index in [-0.39, 0.29) is 18.3 Å². The molecule has 6 nitrogen and oxygen atoms in total. The van der Waals surface area contributed by atoms with Crippen LogP contribution in [0.4, 0.5) is 0 Å². The summed E-state index contributed by atoms with van der Waals surface area (Å²) in [7, 11) is 0. The first-order valence-corrected chi connectivity index (χ1v) is 8.08. The molecule has 2 aromatic carbocycles. The number of nitrogens with two attached hydrogens (primary N) is 2. The summed E-state index contributed by atoms with van der Waals surface area (Å²) in [5.74, 6) is 4.32. The Labute approximate surface area is 147 Å². The number of nitrogens with one attached hydrogen (secondary N) is 1. The molecule has 25 heavy (non-hydrogen) atoms. The van der Waals surface area contributed by atoms with Crippen LogP contribution in [0.15, 0.2) is 60.7 Å². The Morgan fingerprint density at radius 2 is 1.44 bits per heavy atom. The number of carbonyl (C=O) groups is 2. The molecule has 0 spiro atoms. The molecule has 2 rings (SSSR count). The molecule has 0 saturated heterocycles. The van der Waals surface area contributed by atoms with Gasteiger partial charge in [-0.15, -0.1) is 0 Å². The summed E-state index contributed by atoms with van der Waals surface area (Å²) < 4.78 is 0. The molecular formula is C19H23N3O3. The average molecular weight is 341 g/mol. The summed E-state index contributed by atoms with van der Waals surface area (Å²) in [6.45, 7) is -0.272. The highest BCUT2D eigenvalue weighted by molar-refractivity contribution is 5.91. The van der Waals surface area contributed by atoms with Gasteiger partial charge in [0.25, 0.3) is 0 Å². The van der Waals surface area contributed by atoms with Gasteiger partial charge in [0, 0.05) is 0 Å². The van der Waals surface area contributed by atoms with E-state index in [0.717, 1.165) is 11.1 Å². The largest absolute Gasteiger partial charge is 0.344 e. The minimum absolute atomic E-state index is 0.272. The van der Waals surface area contributed by atoms with E-state index >= 15 is 0 Å². The number of hydrogen-bond acceptors (Lipinski definition) is 5. The van der Waals surface area contributed by atoms with Crippen molar-refractivity contribution in [1.82, 2.24) is 5.32 Å². The fraction of sp³-hybridized carbons (Fsp3) is 0.263. The van der Waals surface area contributed by atoms with Crippen molar-refractivity contribution in [3.05, 3.63) is 71.8 Å². The minimum Gasteiger partial charge on any atom is -0.344 e. The van der Waals surface area contributed by atoms with Gasteiger partial charge >= 0.3 is 0 Å². The lowest BCUT2D eigenvalue weighted by Gasteiger charge is -2.20. The topological polar surface area (TPSA) is 107 Å². The third kappa shape index (κ3) is 6.11. The molecule has 132 valence electrons. The summed E-state index contributed by atoms with van der Waals surface area (Å²) in [6, 6.07) is 17.4. The second kappa shape index (κ2) is 9.68. The van der Waals surface area contributed by atoms with E-state index in [9.17, 15) is 9.59 Å². The molecule has 0 aliphatic heterocycles. The van der Waals surface area contributed by atoms with Crippen molar-refractivity contribution in [1.29, 1.82) is 0 Å². The maximum absolute atomic E-state index is 12.4. The Balaban J connectivity index is 2.01. The number of hydrogen-bond donors (Lipinski definition) is 3. The summed E-state index contributed by atoms with van der Waals surface area (Å²) in [5, 5.41) is 2.72. The SMILES string of the molecule is NOCC(=O)[C@H](Cc1ccccc1)NC(=O)[C@@H](N)Cc1ccccc1. The van der Waals surface area contributed by atoms with Crippen LogP contribution >= 0.6 is 0 Å². The summed E-state index contributed by atoms with van der Waals surface area (Å²) in [5.41, 5.74) is 7.87. The van der Waals surface area contributed by atoms with E-state index < -0.39 is 12.1 Å². The number of Topliss-reactive ketones (excluding diaryl/α,β-unsaturated/α-hetero) is 1. The molecule has 5 N–H and O–H groups in total. The maximum atomic E-state index is 12.4. The van der Waals surface area contributed by atoms with Crippen molar-refractivity contribution >= 4 is 11.7 Å². The van der Waals surface area contributed by atoms with Crippen molar-refractivity contribution in [3.8, 4) is 0 Å². The molecular weight excluding hydrogens is 318 g/mol. The second-order valence-corrected chi connectivity index (χ2v) is 5.82. The van der Waals surface area contributed by atoms with Crippen LogP contribution in [0.1, 0.15) is 11.1 Å². The number of rotatable bonds is 9. The van der Waals surface area contributed by atoms with Crippen LogP contribution in [0.5, 0.6) is 0 Å². The van der Waals surface area contributed by atoms with Gasteiger partial charge in [-0.1, -0.05) is 60.7 Å². The molecule has 1 amide bonds. The molecule has 0 aliphatic carbocycles.